The Morgan fingerprint density at radius 2 is 1.72 bits per heavy atom. The zero-order chi connectivity index (χ0) is 13.0. The number of halogens is 1. The van der Waals surface area contributed by atoms with Crippen molar-refractivity contribution in [3.05, 3.63) is 64.1 Å². The van der Waals surface area contributed by atoms with Gasteiger partial charge in [0, 0.05) is 15.1 Å². The van der Waals surface area contributed by atoms with Gasteiger partial charge in [0.1, 0.15) is 0 Å². The van der Waals surface area contributed by atoms with E-state index in [1.54, 1.807) is 0 Å². The normalized spacial score (nSPS) is 12.3. The van der Waals surface area contributed by atoms with E-state index >= 15 is 0 Å². The molecule has 0 aliphatic carbocycles. The molecule has 18 heavy (non-hydrogen) atoms. The predicted octanol–water partition coefficient (Wildman–Crippen LogP) is 4.11. The first-order chi connectivity index (χ1) is 8.66. The molecular formula is C15H15BrOS. The lowest BCUT2D eigenvalue weighted by Crippen LogP contribution is -2.02. The van der Waals surface area contributed by atoms with Gasteiger partial charge in [-0.05, 0) is 37.1 Å². The van der Waals surface area contributed by atoms with Crippen molar-refractivity contribution in [1.29, 1.82) is 0 Å². The van der Waals surface area contributed by atoms with E-state index in [0.717, 1.165) is 15.8 Å². The summed E-state index contributed by atoms with van der Waals surface area (Å²) < 4.78 is 13.2. The van der Waals surface area contributed by atoms with E-state index in [1.807, 2.05) is 49.4 Å². The van der Waals surface area contributed by atoms with E-state index in [9.17, 15) is 4.21 Å². The molecule has 0 aliphatic rings. The van der Waals surface area contributed by atoms with Gasteiger partial charge in [0.15, 0.2) is 0 Å². The van der Waals surface area contributed by atoms with Crippen molar-refractivity contribution >= 4 is 26.7 Å². The fourth-order valence-corrected chi connectivity index (χ4v) is 3.28. The molecule has 0 fully saturated rings. The third-order valence-corrected chi connectivity index (χ3v) is 4.94. The lowest BCUT2D eigenvalue weighted by atomic mass is 10.2. The number of rotatable bonds is 4. The monoisotopic (exact) mass is 322 g/mol. The Morgan fingerprint density at radius 3 is 2.39 bits per heavy atom. The molecule has 0 aliphatic heterocycles. The minimum absolute atomic E-state index is 0.658. The summed E-state index contributed by atoms with van der Waals surface area (Å²) in [6, 6.07) is 16.0. The standard InChI is InChI=1S/C15H15BrOS/c1-12-6-8-14(9-7-12)18(17)11-10-13-4-2-3-5-15(13)16/h2-9H,10-11H2,1H3. The van der Waals surface area contributed by atoms with Gasteiger partial charge in [-0.15, -0.1) is 0 Å². The number of hydrogen-bond donors (Lipinski definition) is 0. The second-order valence-electron chi connectivity index (χ2n) is 4.20. The smallest absolute Gasteiger partial charge is 0.0532 e. The van der Waals surface area contributed by atoms with Crippen molar-refractivity contribution in [2.75, 3.05) is 5.75 Å². The summed E-state index contributed by atoms with van der Waals surface area (Å²) in [6.45, 7) is 2.04. The molecule has 0 bridgehead atoms. The average molecular weight is 323 g/mol. The van der Waals surface area contributed by atoms with Crippen molar-refractivity contribution < 1.29 is 4.21 Å². The quantitative estimate of drug-likeness (QED) is 0.828. The third-order valence-electron chi connectivity index (χ3n) is 2.80. The zero-order valence-corrected chi connectivity index (χ0v) is 12.6. The van der Waals surface area contributed by atoms with Crippen LogP contribution in [0.5, 0.6) is 0 Å². The van der Waals surface area contributed by atoms with Gasteiger partial charge in [-0.25, -0.2) is 0 Å². The molecule has 2 aromatic carbocycles. The van der Waals surface area contributed by atoms with Crippen LogP contribution in [0.15, 0.2) is 57.9 Å². The van der Waals surface area contributed by atoms with Gasteiger partial charge < -0.3 is 0 Å². The van der Waals surface area contributed by atoms with Crippen LogP contribution in [0.2, 0.25) is 0 Å². The molecule has 2 aromatic rings. The largest absolute Gasteiger partial charge is 0.254 e. The predicted molar refractivity (Wildman–Crippen MR) is 80.3 cm³/mol. The second kappa shape index (κ2) is 6.30. The van der Waals surface area contributed by atoms with E-state index in [4.69, 9.17) is 0 Å². The van der Waals surface area contributed by atoms with Gasteiger partial charge in [0.05, 0.1) is 10.8 Å². The molecule has 0 aromatic heterocycles. The third kappa shape index (κ3) is 3.53. The van der Waals surface area contributed by atoms with Gasteiger partial charge in [0.2, 0.25) is 0 Å². The highest BCUT2D eigenvalue weighted by atomic mass is 79.9. The number of hydrogen-bond acceptors (Lipinski definition) is 1. The fourth-order valence-electron chi connectivity index (χ4n) is 1.71. The Kier molecular flexibility index (Phi) is 4.72. The first kappa shape index (κ1) is 13.5. The van der Waals surface area contributed by atoms with E-state index < -0.39 is 10.8 Å². The topological polar surface area (TPSA) is 17.1 Å². The Balaban J connectivity index is 2.01. The second-order valence-corrected chi connectivity index (χ2v) is 6.63. The molecule has 3 heteroatoms. The first-order valence-corrected chi connectivity index (χ1v) is 7.96. The van der Waals surface area contributed by atoms with Crippen molar-refractivity contribution in [1.82, 2.24) is 0 Å². The van der Waals surface area contributed by atoms with Gasteiger partial charge in [-0.1, -0.05) is 51.8 Å². The molecular weight excluding hydrogens is 308 g/mol. The summed E-state index contributed by atoms with van der Waals surface area (Å²) in [5.41, 5.74) is 2.40. The Bertz CT molecular complexity index is 549. The summed E-state index contributed by atoms with van der Waals surface area (Å²) in [6.07, 6.45) is 0.821. The average Bonchev–Trinajstić information content (AvgIpc) is 2.38. The van der Waals surface area contributed by atoms with Crippen LogP contribution in [0.3, 0.4) is 0 Å². The van der Waals surface area contributed by atoms with Crippen LogP contribution in [0.4, 0.5) is 0 Å². The van der Waals surface area contributed by atoms with Gasteiger partial charge >= 0.3 is 0 Å². The summed E-state index contributed by atoms with van der Waals surface area (Å²) in [5, 5.41) is 0. The number of aryl methyl sites for hydroxylation is 2. The van der Waals surface area contributed by atoms with E-state index in [0.29, 0.717) is 5.75 Å². The van der Waals surface area contributed by atoms with Crippen LogP contribution in [-0.2, 0) is 17.2 Å². The molecule has 0 amide bonds. The molecule has 94 valence electrons. The molecule has 1 atom stereocenters. The molecule has 0 N–H and O–H groups in total. The number of benzene rings is 2. The van der Waals surface area contributed by atoms with Crippen LogP contribution in [0, 0.1) is 6.92 Å². The minimum Gasteiger partial charge on any atom is -0.254 e. The highest BCUT2D eigenvalue weighted by molar-refractivity contribution is 9.10. The summed E-state index contributed by atoms with van der Waals surface area (Å²) in [7, 11) is -0.921. The van der Waals surface area contributed by atoms with Crippen molar-refractivity contribution in [3.63, 3.8) is 0 Å². The summed E-state index contributed by atoms with van der Waals surface area (Å²) in [4.78, 5) is 0.910. The molecule has 1 unspecified atom stereocenters. The lowest BCUT2D eigenvalue weighted by molar-refractivity contribution is 0.682. The summed E-state index contributed by atoms with van der Waals surface area (Å²) >= 11 is 3.51. The van der Waals surface area contributed by atoms with Gasteiger partial charge in [-0.2, -0.15) is 0 Å². The molecule has 1 nitrogen and oxygen atoms in total. The van der Waals surface area contributed by atoms with E-state index in [1.165, 1.54) is 11.1 Å². The lowest BCUT2D eigenvalue weighted by Gasteiger charge is -2.05. The van der Waals surface area contributed by atoms with Crippen LogP contribution >= 0.6 is 15.9 Å². The molecule has 0 radical (unpaired) electrons. The van der Waals surface area contributed by atoms with Crippen molar-refractivity contribution in [2.24, 2.45) is 0 Å². The fraction of sp³-hybridized carbons (Fsp3) is 0.200. The Morgan fingerprint density at radius 1 is 1.06 bits per heavy atom. The zero-order valence-electron chi connectivity index (χ0n) is 10.2. The maximum atomic E-state index is 12.1. The van der Waals surface area contributed by atoms with Crippen molar-refractivity contribution in [3.8, 4) is 0 Å². The Hall–Kier alpha value is -0.930. The highest BCUT2D eigenvalue weighted by Crippen LogP contribution is 2.17. The molecule has 2 rings (SSSR count). The molecule has 0 spiro atoms. The van der Waals surface area contributed by atoms with Crippen LogP contribution in [0.1, 0.15) is 11.1 Å². The van der Waals surface area contributed by atoms with E-state index in [2.05, 4.69) is 22.0 Å². The maximum Gasteiger partial charge on any atom is 0.0532 e. The molecule has 0 heterocycles. The van der Waals surface area contributed by atoms with Gasteiger partial charge in [-0.3, -0.25) is 4.21 Å². The van der Waals surface area contributed by atoms with Gasteiger partial charge in [0.25, 0.3) is 0 Å². The minimum atomic E-state index is -0.921. The van der Waals surface area contributed by atoms with Crippen LogP contribution in [-0.4, -0.2) is 9.96 Å². The SMILES string of the molecule is Cc1ccc(S(=O)CCc2ccccc2Br)cc1. The van der Waals surface area contributed by atoms with Crippen LogP contribution in [0.25, 0.3) is 0 Å². The van der Waals surface area contributed by atoms with Crippen LogP contribution < -0.4 is 0 Å². The first-order valence-electron chi connectivity index (χ1n) is 5.85. The molecule has 0 saturated carbocycles. The maximum absolute atomic E-state index is 12.1. The summed E-state index contributed by atoms with van der Waals surface area (Å²) in [5.74, 6) is 0.658. The molecule has 0 saturated heterocycles. The van der Waals surface area contributed by atoms with E-state index in [-0.39, 0.29) is 0 Å². The Labute approximate surface area is 119 Å². The van der Waals surface area contributed by atoms with Crippen molar-refractivity contribution in [2.45, 2.75) is 18.2 Å². The highest BCUT2D eigenvalue weighted by Gasteiger charge is 2.05.